The fourth-order valence-corrected chi connectivity index (χ4v) is 3.06. The zero-order chi connectivity index (χ0) is 19.5. The third kappa shape index (κ3) is 3.75. The van der Waals surface area contributed by atoms with Crippen molar-refractivity contribution in [3.63, 3.8) is 0 Å². The quantitative estimate of drug-likeness (QED) is 0.562. The van der Waals surface area contributed by atoms with Crippen LogP contribution in [-0.4, -0.2) is 21.5 Å². The van der Waals surface area contributed by atoms with Gasteiger partial charge in [-0.2, -0.15) is 0 Å². The molecule has 144 valence electrons. The third-order valence-corrected chi connectivity index (χ3v) is 4.55. The minimum absolute atomic E-state index is 0.0967. The fraction of sp³-hybridized carbons (Fsp3) is 0.238. The van der Waals surface area contributed by atoms with E-state index in [0.717, 1.165) is 35.4 Å². The zero-order valence-electron chi connectivity index (χ0n) is 15.6. The molecule has 1 aromatic carbocycles. The van der Waals surface area contributed by atoms with Crippen molar-refractivity contribution in [2.24, 2.45) is 5.73 Å². The van der Waals surface area contributed by atoms with E-state index in [1.807, 2.05) is 18.2 Å². The van der Waals surface area contributed by atoms with Crippen LogP contribution in [0.15, 0.2) is 64.6 Å². The first kappa shape index (κ1) is 18.2. The Morgan fingerprint density at radius 2 is 2.14 bits per heavy atom. The Balaban J connectivity index is 1.56. The lowest BCUT2D eigenvalue weighted by molar-refractivity contribution is 0.506. The zero-order valence-corrected chi connectivity index (χ0v) is 15.6. The van der Waals surface area contributed by atoms with E-state index in [-0.39, 0.29) is 11.6 Å². The number of halogens is 1. The van der Waals surface area contributed by atoms with Gasteiger partial charge in [0.15, 0.2) is 5.76 Å². The molecular weight excluding hydrogens is 357 g/mol. The Bertz CT molecular complexity index is 1050. The summed E-state index contributed by atoms with van der Waals surface area (Å²) in [6.45, 7) is 3.79. The number of aromatic nitrogens is 3. The molecule has 6 nitrogen and oxygen atoms in total. The molecule has 1 aliphatic rings. The first-order valence-electron chi connectivity index (χ1n) is 9.31. The molecule has 7 heteroatoms. The number of nitrogens with one attached hydrogen (secondary N) is 2. The van der Waals surface area contributed by atoms with Crippen LogP contribution >= 0.6 is 0 Å². The average molecular weight is 379 g/mol. The molecule has 0 saturated carbocycles. The summed E-state index contributed by atoms with van der Waals surface area (Å²) >= 11 is 0. The molecule has 1 atom stereocenters. The second-order valence-electron chi connectivity index (χ2n) is 6.70. The average Bonchev–Trinajstić information content (AvgIpc) is 3.30. The normalized spacial score (nSPS) is 16.9. The highest BCUT2D eigenvalue weighted by molar-refractivity contribution is 5.80. The van der Waals surface area contributed by atoms with Gasteiger partial charge < -0.3 is 20.5 Å². The predicted octanol–water partition coefficient (Wildman–Crippen LogP) is 4.07. The Morgan fingerprint density at radius 3 is 3.00 bits per heavy atom. The third-order valence-electron chi connectivity index (χ3n) is 4.55. The number of nitrogens with two attached hydrogens (primary N) is 1. The predicted molar refractivity (Wildman–Crippen MR) is 107 cm³/mol. The van der Waals surface area contributed by atoms with E-state index in [1.165, 1.54) is 12.2 Å². The lowest BCUT2D eigenvalue weighted by Crippen LogP contribution is -2.14. The number of aromatic amines is 1. The standard InChI is InChI=1S/C21H22FN5O/c1-2-9-24-12-20-26-17-8-5-14(10-18(17)27-20)19-11-25-21(28-19)13-3-6-15(22)16(23)7-4-13/h3-8,10-11,13,24H,2,9,12,23H2,1H3,(H,26,27). The van der Waals surface area contributed by atoms with Gasteiger partial charge in [-0.25, -0.2) is 14.4 Å². The van der Waals surface area contributed by atoms with Crippen LogP contribution in [0.5, 0.6) is 0 Å². The molecule has 1 aliphatic carbocycles. The monoisotopic (exact) mass is 379 g/mol. The van der Waals surface area contributed by atoms with Gasteiger partial charge in [-0.1, -0.05) is 19.1 Å². The van der Waals surface area contributed by atoms with Crippen LogP contribution in [0.2, 0.25) is 0 Å². The SMILES string of the molecule is CCCNCc1nc2ccc(-c3cnc(C4C=CC(N)=C(F)C=C4)o3)cc2[nH]1. The van der Waals surface area contributed by atoms with E-state index in [2.05, 4.69) is 27.2 Å². The molecule has 0 saturated heterocycles. The van der Waals surface area contributed by atoms with Crippen molar-refractivity contribution < 1.29 is 8.81 Å². The molecule has 0 spiro atoms. The molecule has 4 rings (SSSR count). The van der Waals surface area contributed by atoms with Gasteiger partial charge in [-0.05, 0) is 43.3 Å². The second kappa shape index (κ2) is 7.82. The van der Waals surface area contributed by atoms with Crippen LogP contribution in [0.4, 0.5) is 4.39 Å². The highest BCUT2D eigenvalue weighted by atomic mass is 19.1. The summed E-state index contributed by atoms with van der Waals surface area (Å²) in [6.07, 6.45) is 9.08. The Kier molecular flexibility index (Phi) is 5.08. The molecule has 3 aromatic rings. The van der Waals surface area contributed by atoms with Crippen molar-refractivity contribution in [1.29, 1.82) is 0 Å². The van der Waals surface area contributed by atoms with Crippen molar-refractivity contribution in [3.8, 4) is 11.3 Å². The number of nitrogens with zero attached hydrogens (tertiary/aromatic N) is 2. The second-order valence-corrected chi connectivity index (χ2v) is 6.70. The van der Waals surface area contributed by atoms with Gasteiger partial charge in [-0.3, -0.25) is 0 Å². The first-order valence-corrected chi connectivity index (χ1v) is 9.31. The Labute approximate surface area is 162 Å². The van der Waals surface area contributed by atoms with E-state index >= 15 is 0 Å². The van der Waals surface area contributed by atoms with E-state index in [9.17, 15) is 4.39 Å². The summed E-state index contributed by atoms with van der Waals surface area (Å²) in [7, 11) is 0. The summed E-state index contributed by atoms with van der Waals surface area (Å²) < 4.78 is 19.5. The minimum Gasteiger partial charge on any atom is -0.440 e. The maximum absolute atomic E-state index is 13.6. The van der Waals surface area contributed by atoms with E-state index in [1.54, 1.807) is 18.3 Å². The molecule has 1 unspecified atom stereocenters. The topological polar surface area (TPSA) is 92.8 Å². The van der Waals surface area contributed by atoms with E-state index in [0.29, 0.717) is 18.2 Å². The lowest BCUT2D eigenvalue weighted by Gasteiger charge is -2.01. The number of hydrogen-bond acceptors (Lipinski definition) is 5. The van der Waals surface area contributed by atoms with Crippen LogP contribution in [0.1, 0.15) is 31.0 Å². The van der Waals surface area contributed by atoms with Crippen LogP contribution in [0.25, 0.3) is 22.4 Å². The molecular formula is C21H22FN5O. The van der Waals surface area contributed by atoms with Gasteiger partial charge >= 0.3 is 0 Å². The molecule has 0 aliphatic heterocycles. The summed E-state index contributed by atoms with van der Waals surface area (Å²) in [5.41, 5.74) is 8.45. The highest BCUT2D eigenvalue weighted by Crippen LogP contribution is 2.29. The van der Waals surface area contributed by atoms with Crippen LogP contribution in [0, 0.1) is 0 Å². The minimum atomic E-state index is -0.459. The molecule has 0 radical (unpaired) electrons. The van der Waals surface area contributed by atoms with Crippen molar-refractivity contribution in [3.05, 3.63) is 71.9 Å². The van der Waals surface area contributed by atoms with E-state index < -0.39 is 5.83 Å². The van der Waals surface area contributed by atoms with Gasteiger partial charge in [0, 0.05) is 5.56 Å². The maximum atomic E-state index is 13.6. The Hall–Kier alpha value is -3.19. The number of rotatable bonds is 6. The van der Waals surface area contributed by atoms with Crippen molar-refractivity contribution in [1.82, 2.24) is 20.3 Å². The molecule has 28 heavy (non-hydrogen) atoms. The van der Waals surface area contributed by atoms with Gasteiger partial charge in [0.25, 0.3) is 0 Å². The van der Waals surface area contributed by atoms with Crippen LogP contribution in [0.3, 0.4) is 0 Å². The highest BCUT2D eigenvalue weighted by Gasteiger charge is 2.16. The molecule has 4 N–H and O–H groups in total. The number of allylic oxidation sites excluding steroid dienone is 5. The molecule has 0 fully saturated rings. The summed E-state index contributed by atoms with van der Waals surface area (Å²) in [5.74, 6) is 1.30. The van der Waals surface area contributed by atoms with Crippen molar-refractivity contribution in [2.45, 2.75) is 25.8 Å². The van der Waals surface area contributed by atoms with Crippen molar-refractivity contribution >= 4 is 11.0 Å². The van der Waals surface area contributed by atoms with Crippen molar-refractivity contribution in [2.75, 3.05) is 6.54 Å². The first-order chi connectivity index (χ1) is 13.6. The molecule has 2 heterocycles. The fourth-order valence-electron chi connectivity index (χ4n) is 3.06. The number of H-pyrrole nitrogens is 1. The van der Waals surface area contributed by atoms with Gasteiger partial charge in [-0.15, -0.1) is 0 Å². The summed E-state index contributed by atoms with van der Waals surface area (Å²) in [6, 6.07) is 5.90. The molecule has 2 aromatic heterocycles. The van der Waals surface area contributed by atoms with Gasteiger partial charge in [0.1, 0.15) is 11.7 Å². The van der Waals surface area contributed by atoms with E-state index in [4.69, 9.17) is 10.2 Å². The summed E-state index contributed by atoms with van der Waals surface area (Å²) in [5, 5.41) is 3.34. The van der Waals surface area contributed by atoms with Crippen LogP contribution < -0.4 is 11.1 Å². The number of oxazole rings is 1. The maximum Gasteiger partial charge on any atom is 0.205 e. The smallest absolute Gasteiger partial charge is 0.205 e. The largest absolute Gasteiger partial charge is 0.440 e. The van der Waals surface area contributed by atoms with Gasteiger partial charge in [0.05, 0.1) is 35.4 Å². The lowest BCUT2D eigenvalue weighted by atomic mass is 10.1. The summed E-state index contributed by atoms with van der Waals surface area (Å²) in [4.78, 5) is 12.3. The number of imidazole rings is 1. The number of fused-ring (bicyclic) bond motifs is 1. The number of hydrogen-bond donors (Lipinski definition) is 3. The van der Waals surface area contributed by atoms with Gasteiger partial charge in [0.2, 0.25) is 5.89 Å². The molecule has 0 bridgehead atoms. The van der Waals surface area contributed by atoms with Crippen LogP contribution in [-0.2, 0) is 6.54 Å². The Morgan fingerprint density at radius 1 is 1.29 bits per heavy atom. The molecule has 0 amide bonds. The number of benzene rings is 1.